The molecule has 1 fully saturated rings. The normalized spacial score (nSPS) is 19.7. The second-order valence-electron chi connectivity index (χ2n) is 5.77. The molecule has 2 heterocycles. The van der Waals surface area contributed by atoms with Gasteiger partial charge in [0.2, 0.25) is 10.0 Å². The number of carbonyl (C=O) groups excluding carboxylic acids is 1. The summed E-state index contributed by atoms with van der Waals surface area (Å²) in [5, 5.41) is 4.29. The van der Waals surface area contributed by atoms with E-state index in [9.17, 15) is 13.2 Å². The van der Waals surface area contributed by atoms with Gasteiger partial charge in [0.15, 0.2) is 0 Å². The van der Waals surface area contributed by atoms with Crippen LogP contribution < -0.4 is 0 Å². The Kier molecular flexibility index (Phi) is 5.46. The van der Waals surface area contributed by atoms with Crippen molar-refractivity contribution < 1.29 is 17.9 Å². The van der Waals surface area contributed by atoms with Crippen molar-refractivity contribution in [3.8, 4) is 0 Å². The molecule has 1 aliphatic rings. The van der Waals surface area contributed by atoms with Crippen molar-refractivity contribution in [2.24, 2.45) is 5.92 Å². The number of nitrogens with zero attached hydrogens (tertiary/aromatic N) is 3. The summed E-state index contributed by atoms with van der Waals surface area (Å²) >= 11 is 0. The van der Waals surface area contributed by atoms with Gasteiger partial charge in [-0.1, -0.05) is 0 Å². The Morgan fingerprint density at radius 3 is 2.61 bits per heavy atom. The van der Waals surface area contributed by atoms with Crippen molar-refractivity contribution >= 4 is 16.0 Å². The molecule has 2 rings (SSSR count). The minimum Gasteiger partial charge on any atom is -0.466 e. The maximum Gasteiger partial charge on any atom is 0.310 e. The number of rotatable bonds is 5. The lowest BCUT2D eigenvalue weighted by atomic mass is 10.0. The summed E-state index contributed by atoms with van der Waals surface area (Å²) < 4.78 is 34.1. The molecule has 0 N–H and O–H groups in total. The van der Waals surface area contributed by atoms with Crippen molar-refractivity contribution in [3.05, 3.63) is 11.4 Å². The van der Waals surface area contributed by atoms with E-state index in [1.165, 1.54) is 4.31 Å². The van der Waals surface area contributed by atoms with E-state index in [4.69, 9.17) is 4.74 Å². The number of carbonyl (C=O) groups is 1. The molecule has 23 heavy (non-hydrogen) atoms. The van der Waals surface area contributed by atoms with Crippen LogP contribution in [0, 0.1) is 19.8 Å². The van der Waals surface area contributed by atoms with Gasteiger partial charge in [0.05, 0.1) is 23.9 Å². The van der Waals surface area contributed by atoms with E-state index in [2.05, 4.69) is 5.10 Å². The summed E-state index contributed by atoms with van der Waals surface area (Å²) in [4.78, 5) is 12.2. The number of hydrogen-bond donors (Lipinski definition) is 0. The predicted molar refractivity (Wildman–Crippen MR) is 85.5 cm³/mol. The summed E-state index contributed by atoms with van der Waals surface area (Å²) in [5.74, 6) is -0.703. The quantitative estimate of drug-likeness (QED) is 0.757. The monoisotopic (exact) mass is 343 g/mol. The Hall–Kier alpha value is -1.41. The highest BCUT2D eigenvalue weighted by Crippen LogP contribution is 2.28. The highest BCUT2D eigenvalue weighted by Gasteiger charge is 2.36. The van der Waals surface area contributed by atoms with E-state index >= 15 is 0 Å². The first-order valence-electron chi connectivity index (χ1n) is 8.03. The molecule has 1 aromatic heterocycles. The largest absolute Gasteiger partial charge is 0.466 e. The number of aromatic nitrogens is 2. The second-order valence-corrected chi connectivity index (χ2v) is 7.64. The maximum absolute atomic E-state index is 13.0. The van der Waals surface area contributed by atoms with Gasteiger partial charge in [0, 0.05) is 19.6 Å². The van der Waals surface area contributed by atoms with Gasteiger partial charge in [-0.15, -0.1) is 0 Å². The number of aryl methyl sites for hydroxylation is 2. The van der Waals surface area contributed by atoms with Gasteiger partial charge >= 0.3 is 5.97 Å². The second kappa shape index (κ2) is 7.00. The topological polar surface area (TPSA) is 81.5 Å². The van der Waals surface area contributed by atoms with Crippen molar-refractivity contribution in [1.29, 1.82) is 0 Å². The van der Waals surface area contributed by atoms with Crippen LogP contribution in [-0.4, -0.2) is 48.2 Å². The number of sulfonamides is 1. The molecular weight excluding hydrogens is 318 g/mol. The molecule has 1 aromatic rings. The number of ether oxygens (including phenoxy) is 1. The molecule has 0 amide bonds. The van der Waals surface area contributed by atoms with Crippen molar-refractivity contribution in [2.75, 3.05) is 19.7 Å². The fourth-order valence-corrected chi connectivity index (χ4v) is 5.00. The Morgan fingerprint density at radius 1 is 1.35 bits per heavy atom. The summed E-state index contributed by atoms with van der Waals surface area (Å²) in [6.07, 6.45) is 1.32. The van der Waals surface area contributed by atoms with Crippen LogP contribution in [0.1, 0.15) is 38.1 Å². The van der Waals surface area contributed by atoms with E-state index in [0.717, 1.165) is 0 Å². The van der Waals surface area contributed by atoms with Crippen LogP contribution in [0.4, 0.5) is 0 Å². The van der Waals surface area contributed by atoms with Gasteiger partial charge in [0.1, 0.15) is 4.90 Å². The van der Waals surface area contributed by atoms with Crippen molar-refractivity contribution in [3.63, 3.8) is 0 Å². The number of hydrogen-bond acceptors (Lipinski definition) is 5. The molecule has 0 bridgehead atoms. The molecule has 8 heteroatoms. The average molecular weight is 343 g/mol. The lowest BCUT2D eigenvalue weighted by molar-refractivity contribution is -0.149. The average Bonchev–Trinajstić information content (AvgIpc) is 2.82. The van der Waals surface area contributed by atoms with E-state index in [-0.39, 0.29) is 23.3 Å². The van der Waals surface area contributed by atoms with Crippen molar-refractivity contribution in [1.82, 2.24) is 14.1 Å². The van der Waals surface area contributed by atoms with Crippen LogP contribution in [0.5, 0.6) is 0 Å². The Morgan fingerprint density at radius 2 is 2.04 bits per heavy atom. The van der Waals surface area contributed by atoms with Crippen LogP contribution in [0.15, 0.2) is 4.90 Å². The highest BCUT2D eigenvalue weighted by atomic mass is 32.2. The maximum atomic E-state index is 13.0. The molecule has 0 aliphatic carbocycles. The third kappa shape index (κ3) is 3.42. The molecule has 1 atom stereocenters. The minimum absolute atomic E-state index is 0.178. The van der Waals surface area contributed by atoms with E-state index in [1.807, 2.05) is 6.92 Å². The van der Waals surface area contributed by atoms with E-state index in [0.29, 0.717) is 43.9 Å². The Bertz CT molecular complexity index is 681. The molecule has 0 aromatic carbocycles. The molecule has 1 saturated heterocycles. The molecule has 1 unspecified atom stereocenters. The van der Waals surface area contributed by atoms with Crippen LogP contribution in [0.25, 0.3) is 0 Å². The molecule has 0 radical (unpaired) electrons. The summed E-state index contributed by atoms with van der Waals surface area (Å²) in [5.41, 5.74) is 1.14. The standard InChI is InChI=1S/C15H25N3O4S/c1-5-18-12(4)14(11(3)16-18)23(20,21)17-9-7-8-13(10-17)15(19)22-6-2/h13H,5-10H2,1-4H3. The van der Waals surface area contributed by atoms with Gasteiger partial charge in [-0.25, -0.2) is 8.42 Å². The SMILES string of the molecule is CCOC(=O)C1CCCN(S(=O)(=O)c2c(C)nn(CC)c2C)C1. The zero-order chi connectivity index (χ0) is 17.2. The van der Waals surface area contributed by atoms with Crippen LogP contribution in [-0.2, 0) is 26.1 Å². The van der Waals surface area contributed by atoms with Gasteiger partial charge in [-0.2, -0.15) is 9.40 Å². The number of esters is 1. The third-order valence-corrected chi connectivity index (χ3v) is 6.33. The van der Waals surface area contributed by atoms with E-state index < -0.39 is 10.0 Å². The molecule has 130 valence electrons. The molecule has 1 aliphatic heterocycles. The number of piperidine rings is 1. The van der Waals surface area contributed by atoms with Crippen LogP contribution in [0.2, 0.25) is 0 Å². The van der Waals surface area contributed by atoms with Gasteiger partial charge in [0.25, 0.3) is 0 Å². The van der Waals surface area contributed by atoms with Gasteiger partial charge in [-0.05, 0) is 40.5 Å². The Balaban J connectivity index is 2.29. The molecule has 0 saturated carbocycles. The lowest BCUT2D eigenvalue weighted by Gasteiger charge is -2.30. The van der Waals surface area contributed by atoms with E-state index in [1.54, 1.807) is 25.5 Å². The summed E-state index contributed by atoms with van der Waals surface area (Å²) in [7, 11) is -3.65. The lowest BCUT2D eigenvalue weighted by Crippen LogP contribution is -2.43. The van der Waals surface area contributed by atoms with Gasteiger partial charge < -0.3 is 4.74 Å². The summed E-state index contributed by atoms with van der Waals surface area (Å²) in [6, 6.07) is 0. The fourth-order valence-electron chi connectivity index (χ4n) is 3.10. The first kappa shape index (κ1) is 17.9. The minimum atomic E-state index is -3.65. The first-order valence-corrected chi connectivity index (χ1v) is 9.47. The van der Waals surface area contributed by atoms with Crippen LogP contribution in [0.3, 0.4) is 0 Å². The Labute approximate surface area is 137 Å². The fraction of sp³-hybridized carbons (Fsp3) is 0.733. The van der Waals surface area contributed by atoms with Crippen molar-refractivity contribution in [2.45, 2.75) is 52.0 Å². The molecule has 0 spiro atoms. The smallest absolute Gasteiger partial charge is 0.310 e. The highest BCUT2D eigenvalue weighted by molar-refractivity contribution is 7.89. The summed E-state index contributed by atoms with van der Waals surface area (Å²) in [6.45, 7) is 8.68. The third-order valence-electron chi connectivity index (χ3n) is 4.22. The predicted octanol–water partition coefficient (Wildman–Crippen LogP) is 1.48. The van der Waals surface area contributed by atoms with Gasteiger partial charge in [-0.3, -0.25) is 9.48 Å². The zero-order valence-corrected chi connectivity index (χ0v) is 15.0. The zero-order valence-electron chi connectivity index (χ0n) is 14.2. The first-order chi connectivity index (χ1) is 10.8. The van der Waals surface area contributed by atoms with Crippen LogP contribution >= 0.6 is 0 Å². The molecular formula is C15H25N3O4S. The molecule has 7 nitrogen and oxygen atoms in total.